The van der Waals surface area contributed by atoms with Crippen LogP contribution >= 0.6 is 11.6 Å². The Kier molecular flexibility index (Phi) is 4.51. The highest BCUT2D eigenvalue weighted by atomic mass is 35.5. The molecule has 7 heteroatoms. The number of piperazine rings is 1. The molecule has 0 aliphatic carbocycles. The number of H-pyrrole nitrogens is 1. The zero-order chi connectivity index (χ0) is 17.4. The SMILES string of the molecule is CC(C)N1CCN(C(=O)c2ccc3[nH]c(C(=O)O)cc3c2Cl)CC1. The van der Waals surface area contributed by atoms with Gasteiger partial charge in [0.25, 0.3) is 5.91 Å². The van der Waals surface area contributed by atoms with E-state index in [1.165, 1.54) is 6.07 Å². The summed E-state index contributed by atoms with van der Waals surface area (Å²) in [5, 5.41) is 9.93. The number of hydrogen-bond acceptors (Lipinski definition) is 3. The Morgan fingerprint density at radius 2 is 1.88 bits per heavy atom. The van der Waals surface area contributed by atoms with Crippen LogP contribution in [0.5, 0.6) is 0 Å². The summed E-state index contributed by atoms with van der Waals surface area (Å²) in [7, 11) is 0. The minimum absolute atomic E-state index is 0.0575. The number of amides is 1. The first-order chi connectivity index (χ1) is 11.4. The van der Waals surface area contributed by atoms with Crippen LogP contribution in [0.15, 0.2) is 18.2 Å². The number of carboxylic acid groups (broad SMARTS) is 1. The van der Waals surface area contributed by atoms with Crippen LogP contribution in [0.25, 0.3) is 10.9 Å². The summed E-state index contributed by atoms with van der Waals surface area (Å²) in [5.74, 6) is -1.16. The van der Waals surface area contributed by atoms with Crippen LogP contribution in [0.2, 0.25) is 5.02 Å². The van der Waals surface area contributed by atoms with E-state index < -0.39 is 5.97 Å². The number of aromatic carboxylic acids is 1. The van der Waals surface area contributed by atoms with Gasteiger partial charge in [-0.25, -0.2) is 4.79 Å². The fourth-order valence-corrected chi connectivity index (χ4v) is 3.36. The average molecular weight is 350 g/mol. The summed E-state index contributed by atoms with van der Waals surface area (Å²) in [6.45, 7) is 7.31. The molecule has 1 aromatic carbocycles. The van der Waals surface area contributed by atoms with Gasteiger partial charge in [-0.1, -0.05) is 11.6 Å². The van der Waals surface area contributed by atoms with Crippen molar-refractivity contribution in [3.63, 3.8) is 0 Å². The van der Waals surface area contributed by atoms with Gasteiger partial charge in [0.05, 0.1) is 10.6 Å². The lowest BCUT2D eigenvalue weighted by atomic mass is 10.1. The van der Waals surface area contributed by atoms with Gasteiger partial charge in [-0.15, -0.1) is 0 Å². The second-order valence-electron chi connectivity index (χ2n) is 6.30. The molecule has 128 valence electrons. The highest BCUT2D eigenvalue weighted by molar-refractivity contribution is 6.38. The predicted molar refractivity (Wildman–Crippen MR) is 92.9 cm³/mol. The minimum Gasteiger partial charge on any atom is -0.477 e. The molecule has 0 atom stereocenters. The van der Waals surface area contributed by atoms with Crippen LogP contribution in [0.4, 0.5) is 0 Å². The molecule has 6 nitrogen and oxygen atoms in total. The van der Waals surface area contributed by atoms with E-state index in [4.69, 9.17) is 16.7 Å². The number of aromatic nitrogens is 1. The normalized spacial score (nSPS) is 16.1. The maximum atomic E-state index is 12.8. The molecule has 1 fully saturated rings. The van der Waals surface area contributed by atoms with E-state index in [-0.39, 0.29) is 11.6 Å². The minimum atomic E-state index is -1.06. The molecule has 0 unspecified atom stereocenters. The van der Waals surface area contributed by atoms with Crippen molar-refractivity contribution in [2.24, 2.45) is 0 Å². The molecule has 1 aliphatic rings. The number of carboxylic acids is 1. The van der Waals surface area contributed by atoms with Gasteiger partial charge in [0.1, 0.15) is 5.69 Å². The number of benzene rings is 1. The molecule has 2 heterocycles. The number of halogens is 1. The highest BCUT2D eigenvalue weighted by Gasteiger charge is 2.25. The molecule has 24 heavy (non-hydrogen) atoms. The van der Waals surface area contributed by atoms with Crippen molar-refractivity contribution in [1.29, 1.82) is 0 Å². The molecule has 1 saturated heterocycles. The molecule has 0 bridgehead atoms. The third-order valence-electron chi connectivity index (χ3n) is 4.53. The van der Waals surface area contributed by atoms with E-state index in [2.05, 4.69) is 23.7 Å². The Bertz CT molecular complexity index is 792. The van der Waals surface area contributed by atoms with Gasteiger partial charge in [0, 0.05) is 43.1 Å². The maximum Gasteiger partial charge on any atom is 0.352 e. The van der Waals surface area contributed by atoms with Crippen molar-refractivity contribution in [3.05, 3.63) is 34.5 Å². The summed E-state index contributed by atoms with van der Waals surface area (Å²) >= 11 is 6.38. The molecule has 0 spiro atoms. The van der Waals surface area contributed by atoms with Gasteiger partial charge in [-0.2, -0.15) is 0 Å². The number of carbonyl (C=O) groups excluding carboxylic acids is 1. The predicted octanol–water partition coefficient (Wildman–Crippen LogP) is 2.69. The van der Waals surface area contributed by atoms with Crippen LogP contribution in [-0.2, 0) is 0 Å². The fourth-order valence-electron chi connectivity index (χ4n) is 3.06. The molecular weight excluding hydrogens is 330 g/mol. The molecule has 0 saturated carbocycles. The lowest BCUT2D eigenvalue weighted by Gasteiger charge is -2.37. The number of hydrogen-bond donors (Lipinski definition) is 2. The lowest BCUT2D eigenvalue weighted by molar-refractivity contribution is 0.0595. The van der Waals surface area contributed by atoms with Crippen molar-refractivity contribution in [3.8, 4) is 0 Å². The van der Waals surface area contributed by atoms with Gasteiger partial charge in [0.15, 0.2) is 0 Å². The Balaban J connectivity index is 1.85. The Morgan fingerprint density at radius 1 is 1.21 bits per heavy atom. The third kappa shape index (κ3) is 2.99. The van der Waals surface area contributed by atoms with Gasteiger partial charge < -0.3 is 15.0 Å². The summed E-state index contributed by atoms with van der Waals surface area (Å²) in [5.41, 5.74) is 1.08. The van der Waals surface area contributed by atoms with Crippen LogP contribution < -0.4 is 0 Å². The number of nitrogens with one attached hydrogen (secondary N) is 1. The van der Waals surface area contributed by atoms with Crippen LogP contribution in [-0.4, -0.2) is 64.0 Å². The third-order valence-corrected chi connectivity index (χ3v) is 4.94. The summed E-state index contributed by atoms with van der Waals surface area (Å²) in [6, 6.07) is 5.29. The molecule has 1 amide bonds. The highest BCUT2D eigenvalue weighted by Crippen LogP contribution is 2.29. The molecule has 1 aliphatic heterocycles. The zero-order valence-electron chi connectivity index (χ0n) is 13.7. The van der Waals surface area contributed by atoms with E-state index in [0.29, 0.717) is 40.6 Å². The summed E-state index contributed by atoms with van der Waals surface area (Å²) in [4.78, 5) is 30.8. The lowest BCUT2D eigenvalue weighted by Crippen LogP contribution is -2.50. The van der Waals surface area contributed by atoms with Crippen molar-refractivity contribution < 1.29 is 14.7 Å². The van der Waals surface area contributed by atoms with Crippen molar-refractivity contribution >= 4 is 34.4 Å². The quantitative estimate of drug-likeness (QED) is 0.893. The first kappa shape index (κ1) is 16.8. The molecular formula is C17H20ClN3O3. The van der Waals surface area contributed by atoms with Crippen molar-refractivity contribution in [1.82, 2.24) is 14.8 Å². The van der Waals surface area contributed by atoms with Crippen molar-refractivity contribution in [2.75, 3.05) is 26.2 Å². The number of carbonyl (C=O) groups is 2. The van der Waals surface area contributed by atoms with E-state index in [0.717, 1.165) is 13.1 Å². The molecule has 0 radical (unpaired) electrons. The second kappa shape index (κ2) is 6.45. The van der Waals surface area contributed by atoms with Crippen LogP contribution in [0.3, 0.4) is 0 Å². The molecule has 2 aromatic rings. The standard InChI is InChI=1S/C17H20ClN3O3/c1-10(2)20-5-7-21(8-6-20)16(22)11-3-4-13-12(15(11)18)9-14(19-13)17(23)24/h3-4,9-10,19H,5-8H2,1-2H3,(H,23,24). The smallest absolute Gasteiger partial charge is 0.352 e. The first-order valence-electron chi connectivity index (χ1n) is 7.96. The van der Waals surface area contributed by atoms with Gasteiger partial charge in [0.2, 0.25) is 0 Å². The molecule has 2 N–H and O–H groups in total. The zero-order valence-corrected chi connectivity index (χ0v) is 14.4. The maximum absolute atomic E-state index is 12.8. The fraction of sp³-hybridized carbons (Fsp3) is 0.412. The molecule has 1 aromatic heterocycles. The summed E-state index contributed by atoms with van der Waals surface area (Å²) < 4.78 is 0. The Hall–Kier alpha value is -2.05. The van der Waals surface area contributed by atoms with Crippen LogP contribution in [0.1, 0.15) is 34.7 Å². The van der Waals surface area contributed by atoms with Gasteiger partial charge in [-0.05, 0) is 32.0 Å². The van der Waals surface area contributed by atoms with E-state index in [1.807, 2.05) is 0 Å². The number of aromatic amines is 1. The average Bonchev–Trinajstić information content (AvgIpc) is 3.00. The largest absolute Gasteiger partial charge is 0.477 e. The second-order valence-corrected chi connectivity index (χ2v) is 6.68. The Morgan fingerprint density at radius 3 is 2.46 bits per heavy atom. The van der Waals surface area contributed by atoms with Crippen LogP contribution in [0, 0.1) is 0 Å². The first-order valence-corrected chi connectivity index (χ1v) is 8.34. The van der Waals surface area contributed by atoms with Gasteiger partial charge in [-0.3, -0.25) is 9.69 Å². The number of nitrogens with zero attached hydrogens (tertiary/aromatic N) is 2. The van der Waals surface area contributed by atoms with Crippen molar-refractivity contribution in [2.45, 2.75) is 19.9 Å². The Labute approximate surface area is 145 Å². The molecule has 3 rings (SSSR count). The van der Waals surface area contributed by atoms with E-state index >= 15 is 0 Å². The van der Waals surface area contributed by atoms with Gasteiger partial charge >= 0.3 is 5.97 Å². The summed E-state index contributed by atoms with van der Waals surface area (Å²) in [6.07, 6.45) is 0. The number of rotatable bonds is 3. The number of fused-ring (bicyclic) bond motifs is 1. The van der Waals surface area contributed by atoms with E-state index in [1.54, 1.807) is 17.0 Å². The topological polar surface area (TPSA) is 76.6 Å². The monoisotopic (exact) mass is 349 g/mol. The van der Waals surface area contributed by atoms with E-state index in [9.17, 15) is 9.59 Å².